The van der Waals surface area contributed by atoms with E-state index >= 15 is 0 Å². The summed E-state index contributed by atoms with van der Waals surface area (Å²) in [6.45, 7) is 3.66. The van der Waals surface area contributed by atoms with Crippen LogP contribution in [-0.4, -0.2) is 24.6 Å². The average molecular weight is 254 g/mol. The summed E-state index contributed by atoms with van der Waals surface area (Å²) >= 11 is 0. The molecule has 0 aliphatic heterocycles. The number of hydrogen-bond donors (Lipinski definition) is 2. The van der Waals surface area contributed by atoms with Crippen molar-refractivity contribution >= 4 is 11.9 Å². The molecule has 2 N–H and O–H groups in total. The Bertz CT molecular complexity index is 420. The van der Waals surface area contributed by atoms with Crippen molar-refractivity contribution in [1.29, 1.82) is 0 Å². The maximum Gasteiger partial charge on any atom is 0.321 e. The summed E-state index contributed by atoms with van der Waals surface area (Å²) in [6.07, 6.45) is -0.849. The van der Waals surface area contributed by atoms with Crippen LogP contribution >= 0.6 is 0 Å². The summed E-state index contributed by atoms with van der Waals surface area (Å²) < 4.78 is 17.9. The Morgan fingerprint density at radius 3 is 2.50 bits per heavy atom. The number of imide groups is 1. The Morgan fingerprint density at radius 2 is 1.94 bits per heavy atom. The number of benzene rings is 1. The van der Waals surface area contributed by atoms with Crippen LogP contribution in [-0.2, 0) is 4.79 Å². The van der Waals surface area contributed by atoms with Crippen LogP contribution < -0.4 is 15.4 Å². The number of carbonyl (C=O) groups is 2. The van der Waals surface area contributed by atoms with Gasteiger partial charge >= 0.3 is 6.03 Å². The van der Waals surface area contributed by atoms with Gasteiger partial charge in [0.2, 0.25) is 0 Å². The monoisotopic (exact) mass is 254 g/mol. The minimum Gasteiger partial charge on any atom is -0.481 e. The van der Waals surface area contributed by atoms with Crippen LogP contribution in [0.5, 0.6) is 5.75 Å². The van der Waals surface area contributed by atoms with Crippen LogP contribution in [0.4, 0.5) is 9.18 Å². The molecule has 6 heteroatoms. The van der Waals surface area contributed by atoms with Crippen LogP contribution in [0.1, 0.15) is 13.8 Å². The first-order chi connectivity index (χ1) is 8.52. The molecular formula is C12H15FN2O3. The fourth-order valence-corrected chi connectivity index (χ4v) is 1.19. The lowest BCUT2D eigenvalue weighted by Crippen LogP contribution is -2.45. The number of carbonyl (C=O) groups excluding carboxylic acids is 2. The molecule has 3 amide bonds. The molecule has 1 unspecified atom stereocenters. The van der Waals surface area contributed by atoms with E-state index in [1.165, 1.54) is 31.2 Å². The molecule has 0 bridgehead atoms. The number of rotatable bonds is 4. The van der Waals surface area contributed by atoms with E-state index in [9.17, 15) is 14.0 Å². The highest BCUT2D eigenvalue weighted by Gasteiger charge is 2.16. The zero-order valence-electron chi connectivity index (χ0n) is 10.2. The second-order valence-electron chi connectivity index (χ2n) is 3.56. The number of hydrogen-bond acceptors (Lipinski definition) is 3. The highest BCUT2D eigenvalue weighted by Crippen LogP contribution is 2.12. The lowest BCUT2D eigenvalue weighted by Gasteiger charge is -2.14. The van der Waals surface area contributed by atoms with Crippen molar-refractivity contribution in [3.63, 3.8) is 0 Å². The minimum absolute atomic E-state index is 0.356. The van der Waals surface area contributed by atoms with Gasteiger partial charge < -0.3 is 10.1 Å². The van der Waals surface area contributed by atoms with Gasteiger partial charge in [0.15, 0.2) is 6.10 Å². The van der Waals surface area contributed by atoms with Gasteiger partial charge in [-0.1, -0.05) is 0 Å². The average Bonchev–Trinajstić information content (AvgIpc) is 2.32. The molecule has 0 aliphatic rings. The predicted octanol–water partition coefficient (Wildman–Crippen LogP) is 1.44. The summed E-state index contributed by atoms with van der Waals surface area (Å²) in [4.78, 5) is 22.6. The van der Waals surface area contributed by atoms with Crippen molar-refractivity contribution < 1.29 is 18.7 Å². The maximum atomic E-state index is 12.7. The largest absolute Gasteiger partial charge is 0.481 e. The van der Waals surface area contributed by atoms with Gasteiger partial charge in [-0.05, 0) is 38.1 Å². The third-order valence-electron chi connectivity index (χ3n) is 2.07. The first kappa shape index (κ1) is 14.0. The molecule has 0 saturated carbocycles. The molecule has 0 aromatic heterocycles. The molecule has 1 rings (SSSR count). The van der Waals surface area contributed by atoms with Gasteiger partial charge in [-0.2, -0.15) is 0 Å². The minimum atomic E-state index is -0.849. The molecule has 1 aromatic carbocycles. The lowest BCUT2D eigenvalue weighted by atomic mass is 10.3. The number of amides is 3. The van der Waals surface area contributed by atoms with Crippen LogP contribution in [0, 0.1) is 5.82 Å². The predicted molar refractivity (Wildman–Crippen MR) is 63.7 cm³/mol. The fourth-order valence-electron chi connectivity index (χ4n) is 1.19. The van der Waals surface area contributed by atoms with Crippen LogP contribution in [0.25, 0.3) is 0 Å². The first-order valence-corrected chi connectivity index (χ1v) is 5.54. The molecule has 0 fully saturated rings. The van der Waals surface area contributed by atoms with E-state index in [1.807, 2.05) is 0 Å². The molecular weight excluding hydrogens is 239 g/mol. The van der Waals surface area contributed by atoms with Crippen molar-refractivity contribution in [3.05, 3.63) is 30.1 Å². The van der Waals surface area contributed by atoms with Gasteiger partial charge in [0.25, 0.3) is 5.91 Å². The van der Waals surface area contributed by atoms with Crippen LogP contribution in [0.15, 0.2) is 24.3 Å². The van der Waals surface area contributed by atoms with E-state index in [4.69, 9.17) is 4.74 Å². The normalized spacial score (nSPS) is 11.5. The quantitative estimate of drug-likeness (QED) is 0.854. The van der Waals surface area contributed by atoms with Gasteiger partial charge in [0.05, 0.1) is 0 Å². The zero-order valence-corrected chi connectivity index (χ0v) is 10.2. The smallest absolute Gasteiger partial charge is 0.321 e. The van der Waals surface area contributed by atoms with Crippen molar-refractivity contribution in [2.45, 2.75) is 20.0 Å². The summed E-state index contributed by atoms with van der Waals surface area (Å²) in [5.41, 5.74) is 0. The van der Waals surface area contributed by atoms with Crippen molar-refractivity contribution in [2.75, 3.05) is 6.54 Å². The van der Waals surface area contributed by atoms with E-state index in [0.29, 0.717) is 12.3 Å². The fraction of sp³-hybridized carbons (Fsp3) is 0.333. The zero-order chi connectivity index (χ0) is 13.5. The third kappa shape index (κ3) is 4.40. The molecule has 0 aliphatic carbocycles. The lowest BCUT2D eigenvalue weighted by molar-refractivity contribution is -0.126. The number of halogens is 1. The molecule has 98 valence electrons. The molecule has 0 radical (unpaired) electrons. The van der Waals surface area contributed by atoms with Gasteiger partial charge in [-0.3, -0.25) is 10.1 Å². The van der Waals surface area contributed by atoms with Gasteiger partial charge in [0.1, 0.15) is 11.6 Å². The first-order valence-electron chi connectivity index (χ1n) is 5.54. The van der Waals surface area contributed by atoms with Crippen molar-refractivity contribution in [1.82, 2.24) is 10.6 Å². The Balaban J connectivity index is 2.49. The van der Waals surface area contributed by atoms with Gasteiger partial charge in [-0.25, -0.2) is 9.18 Å². The van der Waals surface area contributed by atoms with E-state index in [1.54, 1.807) is 6.92 Å². The van der Waals surface area contributed by atoms with Crippen LogP contribution in [0.2, 0.25) is 0 Å². The van der Waals surface area contributed by atoms with E-state index in [0.717, 1.165) is 0 Å². The summed E-state index contributed by atoms with van der Waals surface area (Å²) in [7, 11) is 0. The molecule has 18 heavy (non-hydrogen) atoms. The Kier molecular flexibility index (Phi) is 5.10. The van der Waals surface area contributed by atoms with E-state index < -0.39 is 18.0 Å². The second kappa shape index (κ2) is 6.58. The molecule has 0 spiro atoms. The number of urea groups is 1. The van der Waals surface area contributed by atoms with Crippen LogP contribution in [0.3, 0.4) is 0 Å². The maximum absolute atomic E-state index is 12.7. The van der Waals surface area contributed by atoms with Crippen molar-refractivity contribution in [2.24, 2.45) is 0 Å². The number of nitrogens with one attached hydrogen (secondary N) is 2. The molecule has 1 aromatic rings. The van der Waals surface area contributed by atoms with Gasteiger partial charge in [-0.15, -0.1) is 0 Å². The summed E-state index contributed by atoms with van der Waals surface area (Å²) in [5.74, 6) is -0.595. The molecule has 1 atom stereocenters. The van der Waals surface area contributed by atoms with E-state index in [2.05, 4.69) is 10.6 Å². The standard InChI is InChI=1S/C12H15FN2O3/c1-3-14-12(17)15-11(16)8(2)18-10-6-4-9(13)5-7-10/h4-8H,3H2,1-2H3,(H2,14,15,16,17). The Labute approximate surface area is 104 Å². The van der Waals surface area contributed by atoms with E-state index in [-0.39, 0.29) is 5.82 Å². The van der Waals surface area contributed by atoms with Gasteiger partial charge in [0, 0.05) is 6.54 Å². The molecule has 5 nitrogen and oxygen atoms in total. The highest BCUT2D eigenvalue weighted by atomic mass is 19.1. The number of ether oxygens (including phenoxy) is 1. The molecule has 0 saturated heterocycles. The van der Waals surface area contributed by atoms with Crippen molar-refractivity contribution in [3.8, 4) is 5.75 Å². The SMILES string of the molecule is CCNC(=O)NC(=O)C(C)Oc1ccc(F)cc1. The molecule has 0 heterocycles. The Morgan fingerprint density at radius 1 is 1.33 bits per heavy atom. The summed E-state index contributed by atoms with van der Waals surface area (Å²) in [6, 6.07) is 4.70. The third-order valence-corrected chi connectivity index (χ3v) is 2.07. The second-order valence-corrected chi connectivity index (χ2v) is 3.56. The highest BCUT2D eigenvalue weighted by molar-refractivity contribution is 5.96. The summed E-state index contributed by atoms with van der Waals surface area (Å²) in [5, 5.41) is 4.55. The Hall–Kier alpha value is -2.11. The topological polar surface area (TPSA) is 67.4 Å².